The van der Waals surface area contributed by atoms with Crippen LogP contribution in [-0.4, -0.2) is 24.1 Å². The highest BCUT2D eigenvalue weighted by Gasteiger charge is 2.28. The lowest BCUT2D eigenvalue weighted by atomic mass is 9.93. The average Bonchev–Trinajstić information content (AvgIpc) is 3.14. The lowest BCUT2D eigenvalue weighted by Gasteiger charge is -2.13. The van der Waals surface area contributed by atoms with E-state index in [0.717, 1.165) is 17.5 Å². The maximum atomic E-state index is 12.9. The number of nitrogens with zero attached hydrogens (tertiary/aromatic N) is 1. The summed E-state index contributed by atoms with van der Waals surface area (Å²) >= 11 is 11.9. The Labute approximate surface area is 207 Å². The molecule has 1 heterocycles. The lowest BCUT2D eigenvalue weighted by Crippen LogP contribution is -2.27. The number of rotatable bonds is 6. The van der Waals surface area contributed by atoms with Crippen LogP contribution in [-0.2, 0) is 11.2 Å². The number of hydrazone groups is 1. The molecule has 34 heavy (non-hydrogen) atoms. The Bertz CT molecular complexity index is 1280. The molecule has 0 fully saturated rings. The summed E-state index contributed by atoms with van der Waals surface area (Å²) in [5, 5.41) is 7.96. The molecule has 1 aliphatic rings. The molecule has 0 spiro atoms. The monoisotopic (exact) mass is 499 g/mol. The number of carbonyl (C=O) groups is 2. The molecule has 0 radical (unpaired) electrons. The first-order chi connectivity index (χ1) is 16.3. The van der Waals surface area contributed by atoms with Gasteiger partial charge in [0.25, 0.3) is 11.8 Å². The van der Waals surface area contributed by atoms with Gasteiger partial charge in [0.15, 0.2) is 12.4 Å². The van der Waals surface area contributed by atoms with Crippen LogP contribution < -0.4 is 15.5 Å². The van der Waals surface area contributed by atoms with Gasteiger partial charge < -0.3 is 14.5 Å². The first-order valence-electron chi connectivity index (χ1n) is 10.8. The molecule has 2 N–H and O–H groups in total. The molecule has 0 aliphatic heterocycles. The number of furan rings is 1. The molecule has 1 aliphatic carbocycles. The maximum absolute atomic E-state index is 12.9. The van der Waals surface area contributed by atoms with Gasteiger partial charge in [-0.1, -0.05) is 35.3 Å². The van der Waals surface area contributed by atoms with Crippen LogP contribution in [0.2, 0.25) is 10.0 Å². The van der Waals surface area contributed by atoms with Gasteiger partial charge in [-0.25, -0.2) is 5.43 Å². The van der Waals surface area contributed by atoms with Crippen LogP contribution in [0, 0.1) is 13.8 Å². The molecule has 0 atom stereocenters. The van der Waals surface area contributed by atoms with E-state index in [1.807, 2.05) is 38.1 Å². The number of fused-ring (bicyclic) bond motifs is 1. The minimum Gasteiger partial charge on any atom is -0.482 e. The van der Waals surface area contributed by atoms with E-state index < -0.39 is 5.91 Å². The van der Waals surface area contributed by atoms with Crippen LogP contribution in [0.15, 0.2) is 52.0 Å². The van der Waals surface area contributed by atoms with Crippen LogP contribution >= 0.6 is 23.2 Å². The fourth-order valence-corrected chi connectivity index (χ4v) is 4.27. The number of nitrogens with one attached hydrogen (secondary N) is 2. The number of hydrogen-bond acceptors (Lipinski definition) is 5. The molecule has 2 amide bonds. The third-order valence-corrected chi connectivity index (χ3v) is 5.91. The minimum absolute atomic E-state index is 0.244. The lowest BCUT2D eigenvalue weighted by molar-refractivity contribution is -0.123. The van der Waals surface area contributed by atoms with Crippen LogP contribution in [0.3, 0.4) is 0 Å². The number of anilines is 1. The van der Waals surface area contributed by atoms with Gasteiger partial charge in [0, 0.05) is 28.3 Å². The van der Waals surface area contributed by atoms with Crippen molar-refractivity contribution in [1.82, 2.24) is 5.43 Å². The van der Waals surface area contributed by atoms with E-state index in [2.05, 4.69) is 15.8 Å². The van der Waals surface area contributed by atoms with Crippen molar-refractivity contribution < 1.29 is 18.7 Å². The fourth-order valence-electron chi connectivity index (χ4n) is 3.81. The molecule has 4 rings (SSSR count). The Kier molecular flexibility index (Phi) is 7.24. The smallest absolute Gasteiger partial charge is 0.291 e. The molecule has 9 heteroatoms. The van der Waals surface area contributed by atoms with Crippen molar-refractivity contribution in [3.63, 3.8) is 0 Å². The Morgan fingerprint density at radius 3 is 2.71 bits per heavy atom. The van der Waals surface area contributed by atoms with Crippen molar-refractivity contribution in [1.29, 1.82) is 0 Å². The molecule has 0 saturated carbocycles. The Hall–Kier alpha value is -3.29. The zero-order chi connectivity index (χ0) is 24.2. The molecular weight excluding hydrogens is 477 g/mol. The standard InChI is InChI=1S/C25H23Cl2N3O4/c1-14-5-3-6-17(11-14)28-25(32)24-15(2)23-19(7-4-8-21(23)34-24)29-30-22(31)13-33-20-10-9-16(26)12-18(20)27/h3,5-6,9-12H,4,7-8,13H2,1-2H3,(H,28,32)(H,30,31)/b29-19+. The predicted molar refractivity (Wildman–Crippen MR) is 132 cm³/mol. The van der Waals surface area contributed by atoms with Gasteiger partial charge in [-0.2, -0.15) is 5.10 Å². The summed E-state index contributed by atoms with van der Waals surface area (Å²) in [4.78, 5) is 25.1. The summed E-state index contributed by atoms with van der Waals surface area (Å²) in [6.07, 6.45) is 2.14. The van der Waals surface area contributed by atoms with Crippen LogP contribution in [0.4, 0.5) is 5.69 Å². The van der Waals surface area contributed by atoms with Gasteiger partial charge in [-0.05, 0) is 62.6 Å². The molecule has 7 nitrogen and oxygen atoms in total. The quantitative estimate of drug-likeness (QED) is 0.426. The second kappa shape index (κ2) is 10.3. The number of halogens is 2. The van der Waals surface area contributed by atoms with E-state index in [0.29, 0.717) is 51.4 Å². The number of carbonyl (C=O) groups excluding carboxylic acids is 2. The number of hydrogen-bond donors (Lipinski definition) is 2. The summed E-state index contributed by atoms with van der Waals surface area (Å²) in [6.45, 7) is 3.51. The molecule has 176 valence electrons. The van der Waals surface area contributed by atoms with Crippen LogP contribution in [0.1, 0.15) is 45.8 Å². The Morgan fingerprint density at radius 2 is 1.94 bits per heavy atom. The Balaban J connectivity index is 1.45. The van der Waals surface area contributed by atoms with Crippen molar-refractivity contribution in [3.8, 4) is 5.75 Å². The zero-order valence-electron chi connectivity index (χ0n) is 18.7. The largest absolute Gasteiger partial charge is 0.482 e. The minimum atomic E-state index is -0.441. The van der Waals surface area contributed by atoms with Gasteiger partial charge >= 0.3 is 0 Å². The van der Waals surface area contributed by atoms with E-state index in [1.54, 1.807) is 12.1 Å². The predicted octanol–water partition coefficient (Wildman–Crippen LogP) is 5.69. The van der Waals surface area contributed by atoms with Gasteiger partial charge in [0.2, 0.25) is 0 Å². The second-order valence-corrected chi connectivity index (χ2v) is 8.83. The van der Waals surface area contributed by atoms with Gasteiger partial charge in [0.05, 0.1) is 10.7 Å². The summed E-state index contributed by atoms with van der Waals surface area (Å²) in [7, 11) is 0. The summed E-state index contributed by atoms with van der Waals surface area (Å²) in [6, 6.07) is 12.3. The van der Waals surface area contributed by atoms with E-state index in [4.69, 9.17) is 32.4 Å². The third-order valence-electron chi connectivity index (χ3n) is 5.38. The number of aryl methyl sites for hydroxylation is 2. The normalized spacial score (nSPS) is 13.9. The van der Waals surface area contributed by atoms with Crippen molar-refractivity contribution >= 4 is 46.4 Å². The molecule has 0 bridgehead atoms. The average molecular weight is 500 g/mol. The van der Waals surface area contributed by atoms with Crippen LogP contribution in [0.25, 0.3) is 0 Å². The van der Waals surface area contributed by atoms with Crippen molar-refractivity contribution in [2.45, 2.75) is 33.1 Å². The molecule has 0 unspecified atom stereocenters. The molecular formula is C25H23Cl2N3O4. The van der Waals surface area contributed by atoms with Crippen LogP contribution in [0.5, 0.6) is 5.75 Å². The molecule has 3 aromatic rings. The Morgan fingerprint density at radius 1 is 1.12 bits per heavy atom. The molecule has 2 aromatic carbocycles. The highest BCUT2D eigenvalue weighted by Crippen LogP contribution is 2.30. The van der Waals surface area contributed by atoms with Crippen molar-refractivity contribution in [2.24, 2.45) is 5.10 Å². The summed E-state index contributed by atoms with van der Waals surface area (Å²) in [5.74, 6) is 0.519. The van der Waals surface area contributed by atoms with E-state index in [9.17, 15) is 9.59 Å². The topological polar surface area (TPSA) is 92.9 Å². The van der Waals surface area contributed by atoms with E-state index in [1.165, 1.54) is 6.07 Å². The number of benzene rings is 2. The van der Waals surface area contributed by atoms with Gasteiger partial charge in [0.1, 0.15) is 11.5 Å². The van der Waals surface area contributed by atoms with E-state index >= 15 is 0 Å². The highest BCUT2D eigenvalue weighted by atomic mass is 35.5. The first kappa shape index (κ1) is 23.9. The van der Waals surface area contributed by atoms with Crippen molar-refractivity contribution in [3.05, 3.63) is 80.7 Å². The number of amides is 2. The maximum Gasteiger partial charge on any atom is 0.291 e. The summed E-state index contributed by atoms with van der Waals surface area (Å²) < 4.78 is 11.4. The van der Waals surface area contributed by atoms with Crippen molar-refractivity contribution in [2.75, 3.05) is 11.9 Å². The van der Waals surface area contributed by atoms with E-state index in [-0.39, 0.29) is 18.3 Å². The highest BCUT2D eigenvalue weighted by molar-refractivity contribution is 6.35. The van der Waals surface area contributed by atoms with Gasteiger partial charge in [-0.15, -0.1) is 0 Å². The second-order valence-electron chi connectivity index (χ2n) is 7.99. The fraction of sp³-hybridized carbons (Fsp3) is 0.240. The SMILES string of the molecule is Cc1cccc(NC(=O)c2oc3c(c2C)/C(=N/NC(=O)COc2ccc(Cl)cc2Cl)CCC3)c1. The third kappa shape index (κ3) is 5.43. The van der Waals surface area contributed by atoms with Gasteiger partial charge in [-0.3, -0.25) is 9.59 Å². The molecule has 1 aromatic heterocycles. The first-order valence-corrected chi connectivity index (χ1v) is 11.5. The molecule has 0 saturated heterocycles. The zero-order valence-corrected chi connectivity index (χ0v) is 20.2. The number of ether oxygens (including phenoxy) is 1. The summed E-state index contributed by atoms with van der Waals surface area (Å²) in [5.41, 5.74) is 6.38.